The third-order valence-electron chi connectivity index (χ3n) is 5.50. The molecule has 0 saturated carbocycles. The van der Waals surface area contributed by atoms with Crippen LogP contribution < -0.4 is 10.1 Å². The first-order valence-corrected chi connectivity index (χ1v) is 11.4. The Labute approximate surface area is 194 Å². The van der Waals surface area contributed by atoms with Gasteiger partial charge in [0.15, 0.2) is 11.0 Å². The molecule has 0 unspecified atom stereocenters. The standard InChI is InChI=1S/C23H24N6O3S/c1-23(2,3)20-26-19(28-32-20)15-11-29(12-15)22(30)27-21-25-17-6-5-13(8-18(17)33-21)14-7-16(31-4)10-24-9-14/h5-10,15H,11-12H2,1-4H3,(H,25,27,30). The third-order valence-corrected chi connectivity index (χ3v) is 6.44. The van der Waals surface area contributed by atoms with Crippen LogP contribution in [-0.2, 0) is 5.41 Å². The number of carbonyl (C=O) groups is 1. The summed E-state index contributed by atoms with van der Waals surface area (Å²) in [6.45, 7) is 7.18. The third kappa shape index (κ3) is 4.25. The largest absolute Gasteiger partial charge is 0.495 e. The van der Waals surface area contributed by atoms with E-state index in [2.05, 4.69) is 25.4 Å². The van der Waals surface area contributed by atoms with Gasteiger partial charge in [-0.05, 0) is 23.8 Å². The number of thiazole rings is 1. The number of carbonyl (C=O) groups excluding carboxylic acids is 1. The molecule has 1 saturated heterocycles. The van der Waals surface area contributed by atoms with Gasteiger partial charge in [0.2, 0.25) is 5.89 Å². The molecule has 4 heterocycles. The summed E-state index contributed by atoms with van der Waals surface area (Å²) in [4.78, 5) is 27.6. The number of ether oxygens (including phenoxy) is 1. The number of fused-ring (bicyclic) bond motifs is 1. The predicted octanol–water partition coefficient (Wildman–Crippen LogP) is 4.68. The number of amides is 2. The van der Waals surface area contributed by atoms with Gasteiger partial charge in [0.1, 0.15) is 5.75 Å². The zero-order valence-electron chi connectivity index (χ0n) is 18.8. The van der Waals surface area contributed by atoms with Crippen LogP contribution in [0.25, 0.3) is 21.3 Å². The van der Waals surface area contributed by atoms with E-state index in [9.17, 15) is 4.79 Å². The molecule has 4 aromatic rings. The van der Waals surface area contributed by atoms with Crippen LogP contribution in [0.1, 0.15) is 38.4 Å². The van der Waals surface area contributed by atoms with Crippen molar-refractivity contribution in [3.63, 3.8) is 0 Å². The number of rotatable bonds is 4. The minimum absolute atomic E-state index is 0.0880. The van der Waals surface area contributed by atoms with Crippen molar-refractivity contribution in [3.05, 3.63) is 48.4 Å². The number of anilines is 1. The lowest BCUT2D eigenvalue weighted by Crippen LogP contribution is -2.50. The second kappa shape index (κ2) is 8.11. The predicted molar refractivity (Wildman–Crippen MR) is 126 cm³/mol. The Morgan fingerprint density at radius 1 is 1.18 bits per heavy atom. The number of hydrogen-bond donors (Lipinski definition) is 1. The fourth-order valence-electron chi connectivity index (χ4n) is 3.53. The van der Waals surface area contributed by atoms with Crippen LogP contribution in [0.15, 0.2) is 41.2 Å². The Bertz CT molecular complexity index is 1320. The Balaban J connectivity index is 1.24. The number of nitrogens with zero attached hydrogens (tertiary/aromatic N) is 5. The van der Waals surface area contributed by atoms with E-state index in [4.69, 9.17) is 9.26 Å². The van der Waals surface area contributed by atoms with E-state index in [1.54, 1.807) is 24.4 Å². The lowest BCUT2D eigenvalue weighted by atomic mass is 9.96. The Hall–Kier alpha value is -3.53. The number of aromatic nitrogens is 4. The molecule has 3 aromatic heterocycles. The van der Waals surface area contributed by atoms with Gasteiger partial charge in [0.05, 0.1) is 29.4 Å². The molecule has 1 fully saturated rings. The summed E-state index contributed by atoms with van der Waals surface area (Å²) in [5.74, 6) is 2.06. The van der Waals surface area contributed by atoms with Crippen molar-refractivity contribution in [2.75, 3.05) is 25.5 Å². The summed E-state index contributed by atoms with van der Waals surface area (Å²) < 4.78 is 11.6. The molecule has 0 aliphatic carbocycles. The van der Waals surface area contributed by atoms with Gasteiger partial charge < -0.3 is 14.2 Å². The van der Waals surface area contributed by atoms with Gasteiger partial charge in [-0.3, -0.25) is 10.3 Å². The second-order valence-electron chi connectivity index (χ2n) is 9.05. The number of urea groups is 1. The highest BCUT2D eigenvalue weighted by molar-refractivity contribution is 7.22. The molecule has 33 heavy (non-hydrogen) atoms. The van der Waals surface area contributed by atoms with Gasteiger partial charge in [-0.1, -0.05) is 43.3 Å². The molecule has 1 aromatic carbocycles. The molecule has 9 nitrogen and oxygen atoms in total. The zero-order chi connectivity index (χ0) is 23.2. The second-order valence-corrected chi connectivity index (χ2v) is 10.1. The fourth-order valence-corrected chi connectivity index (χ4v) is 4.42. The van der Waals surface area contributed by atoms with Crippen LogP contribution in [0.4, 0.5) is 9.93 Å². The lowest BCUT2D eigenvalue weighted by Gasteiger charge is -2.36. The zero-order valence-corrected chi connectivity index (χ0v) is 19.6. The van der Waals surface area contributed by atoms with Crippen molar-refractivity contribution in [2.24, 2.45) is 0 Å². The number of methoxy groups -OCH3 is 1. The molecule has 170 valence electrons. The van der Waals surface area contributed by atoms with Crippen molar-refractivity contribution in [3.8, 4) is 16.9 Å². The first kappa shape index (κ1) is 21.3. The lowest BCUT2D eigenvalue weighted by molar-refractivity contribution is 0.159. The monoisotopic (exact) mass is 464 g/mol. The van der Waals surface area contributed by atoms with E-state index in [0.717, 1.165) is 21.3 Å². The summed E-state index contributed by atoms with van der Waals surface area (Å²) in [6.07, 6.45) is 3.47. The molecule has 2 amide bonds. The van der Waals surface area contributed by atoms with E-state index in [0.29, 0.717) is 35.7 Å². The fraction of sp³-hybridized carbons (Fsp3) is 0.348. The van der Waals surface area contributed by atoms with Gasteiger partial charge in [-0.2, -0.15) is 4.98 Å². The number of pyridine rings is 1. The van der Waals surface area contributed by atoms with Gasteiger partial charge in [-0.25, -0.2) is 9.78 Å². The average Bonchev–Trinajstić information content (AvgIpc) is 3.39. The number of nitrogens with one attached hydrogen (secondary N) is 1. The normalized spacial score (nSPS) is 14.4. The molecule has 1 N–H and O–H groups in total. The Kier molecular flexibility index (Phi) is 5.24. The highest BCUT2D eigenvalue weighted by atomic mass is 32.1. The Morgan fingerprint density at radius 3 is 2.73 bits per heavy atom. The summed E-state index contributed by atoms with van der Waals surface area (Å²) in [7, 11) is 1.62. The maximum Gasteiger partial charge on any atom is 0.323 e. The highest BCUT2D eigenvalue weighted by Gasteiger charge is 2.36. The van der Waals surface area contributed by atoms with E-state index in [1.165, 1.54) is 11.3 Å². The van der Waals surface area contributed by atoms with Crippen LogP contribution >= 0.6 is 11.3 Å². The van der Waals surface area contributed by atoms with Crippen molar-refractivity contribution in [2.45, 2.75) is 32.1 Å². The molecule has 5 rings (SSSR count). The smallest absolute Gasteiger partial charge is 0.323 e. The summed E-state index contributed by atoms with van der Waals surface area (Å²) in [5.41, 5.74) is 2.61. The van der Waals surface area contributed by atoms with Crippen LogP contribution in [0, 0.1) is 0 Å². The SMILES string of the molecule is COc1cncc(-c2ccc3nc(NC(=O)N4CC(c5noc(C(C)(C)C)n5)C4)sc3c2)c1. The minimum Gasteiger partial charge on any atom is -0.495 e. The van der Waals surface area contributed by atoms with Crippen molar-refractivity contribution in [1.82, 2.24) is 25.0 Å². The molecule has 1 aliphatic rings. The maximum atomic E-state index is 12.7. The molecule has 0 spiro atoms. The van der Waals surface area contributed by atoms with Crippen molar-refractivity contribution in [1.29, 1.82) is 0 Å². The van der Waals surface area contributed by atoms with Crippen LogP contribution in [-0.4, -0.2) is 51.2 Å². The van der Waals surface area contributed by atoms with Gasteiger partial charge in [0.25, 0.3) is 0 Å². The minimum atomic E-state index is -0.193. The number of benzene rings is 1. The van der Waals surface area contributed by atoms with E-state index in [-0.39, 0.29) is 17.4 Å². The molecular formula is C23H24N6O3S. The van der Waals surface area contributed by atoms with Gasteiger partial charge in [0, 0.05) is 30.3 Å². The quantitative estimate of drug-likeness (QED) is 0.467. The molecule has 0 radical (unpaired) electrons. The number of hydrogen-bond acceptors (Lipinski definition) is 8. The average molecular weight is 465 g/mol. The van der Waals surface area contributed by atoms with Gasteiger partial charge >= 0.3 is 6.03 Å². The van der Waals surface area contributed by atoms with Gasteiger partial charge in [-0.15, -0.1) is 0 Å². The summed E-state index contributed by atoms with van der Waals surface area (Å²) in [5, 5.41) is 7.56. The highest BCUT2D eigenvalue weighted by Crippen LogP contribution is 2.32. The topological polar surface area (TPSA) is 106 Å². The van der Waals surface area contributed by atoms with Crippen LogP contribution in [0.5, 0.6) is 5.75 Å². The molecule has 0 bridgehead atoms. The van der Waals surface area contributed by atoms with Crippen LogP contribution in [0.2, 0.25) is 0 Å². The number of likely N-dealkylation sites (tertiary alicyclic amines) is 1. The molecule has 0 atom stereocenters. The van der Waals surface area contributed by atoms with Crippen molar-refractivity contribution >= 4 is 32.7 Å². The maximum absolute atomic E-state index is 12.7. The first-order chi connectivity index (χ1) is 15.8. The summed E-state index contributed by atoms with van der Waals surface area (Å²) in [6, 6.07) is 7.73. The van der Waals surface area contributed by atoms with E-state index in [1.807, 2.05) is 45.0 Å². The molecule has 10 heteroatoms. The summed E-state index contributed by atoms with van der Waals surface area (Å²) >= 11 is 1.44. The van der Waals surface area contributed by atoms with E-state index < -0.39 is 0 Å². The molecule has 1 aliphatic heterocycles. The van der Waals surface area contributed by atoms with Crippen molar-refractivity contribution < 1.29 is 14.1 Å². The Morgan fingerprint density at radius 2 is 2.00 bits per heavy atom. The van der Waals surface area contributed by atoms with E-state index >= 15 is 0 Å². The first-order valence-electron chi connectivity index (χ1n) is 10.6. The molecular weight excluding hydrogens is 440 g/mol. The van der Waals surface area contributed by atoms with Crippen LogP contribution in [0.3, 0.4) is 0 Å².